The van der Waals surface area contributed by atoms with Crippen molar-refractivity contribution in [3.05, 3.63) is 64.7 Å². The Morgan fingerprint density at radius 1 is 1.00 bits per heavy atom. The molecule has 0 bridgehead atoms. The predicted octanol–water partition coefficient (Wildman–Crippen LogP) is 3.95. The third kappa shape index (κ3) is 3.03. The lowest BCUT2D eigenvalue weighted by molar-refractivity contribution is 0.0433. The van der Waals surface area contributed by atoms with E-state index in [-0.39, 0.29) is 11.7 Å². The van der Waals surface area contributed by atoms with Gasteiger partial charge in [-0.2, -0.15) is 0 Å². The number of para-hydroxylation sites is 1. The molecule has 2 heterocycles. The quantitative estimate of drug-likeness (QED) is 0.664. The number of ether oxygens (including phenoxy) is 1. The van der Waals surface area contributed by atoms with Crippen molar-refractivity contribution in [2.45, 2.75) is 44.8 Å². The minimum atomic E-state index is -0.0342. The fourth-order valence-electron chi connectivity index (χ4n) is 5.46. The number of likely N-dealkylation sites (tertiary alicyclic amines) is 1. The van der Waals surface area contributed by atoms with Crippen LogP contribution in [0.1, 0.15) is 31.5 Å². The van der Waals surface area contributed by atoms with Crippen molar-refractivity contribution < 1.29 is 4.74 Å². The molecule has 2 aromatic carbocycles. The number of nitrogens with zero attached hydrogens (tertiary/aromatic N) is 3. The minimum absolute atomic E-state index is 0.0342. The van der Waals surface area contributed by atoms with Crippen LogP contribution in [-0.4, -0.2) is 39.7 Å². The van der Waals surface area contributed by atoms with Gasteiger partial charge in [-0.1, -0.05) is 12.1 Å². The van der Waals surface area contributed by atoms with Crippen molar-refractivity contribution >= 4 is 10.9 Å². The first-order chi connectivity index (χ1) is 14.7. The number of benzene rings is 2. The van der Waals surface area contributed by atoms with Crippen LogP contribution >= 0.6 is 0 Å². The van der Waals surface area contributed by atoms with Crippen molar-refractivity contribution in [2.75, 3.05) is 13.1 Å². The van der Waals surface area contributed by atoms with E-state index in [1.165, 1.54) is 12.8 Å². The molecule has 1 saturated heterocycles. The van der Waals surface area contributed by atoms with Crippen LogP contribution in [0.4, 0.5) is 0 Å². The van der Waals surface area contributed by atoms with Gasteiger partial charge in [0, 0.05) is 19.1 Å². The lowest BCUT2D eigenvalue weighted by Crippen LogP contribution is -2.48. The molecule has 3 unspecified atom stereocenters. The number of rotatable bonds is 4. The number of aromatic nitrogens is 2. The number of hydrogen-bond acceptors (Lipinski definition) is 4. The molecule has 0 spiro atoms. The largest absolute Gasteiger partial charge is 0.490 e. The highest BCUT2D eigenvalue weighted by molar-refractivity contribution is 5.77. The highest BCUT2D eigenvalue weighted by Crippen LogP contribution is 2.57. The van der Waals surface area contributed by atoms with Gasteiger partial charge >= 0.3 is 0 Å². The molecule has 5 heteroatoms. The van der Waals surface area contributed by atoms with E-state index in [1.807, 2.05) is 55.5 Å². The second kappa shape index (κ2) is 6.95. The Morgan fingerprint density at radius 3 is 2.47 bits per heavy atom. The van der Waals surface area contributed by atoms with E-state index >= 15 is 0 Å². The Bertz CT molecular complexity index is 1150. The smallest absolute Gasteiger partial charge is 0.265 e. The summed E-state index contributed by atoms with van der Waals surface area (Å²) in [6.07, 6.45) is 5.39. The third-order valence-electron chi connectivity index (χ3n) is 7.30. The fraction of sp³-hybridized carbons (Fsp3) is 0.440. The third-order valence-corrected chi connectivity index (χ3v) is 7.30. The molecule has 0 N–H and O–H groups in total. The molecule has 6 rings (SSSR count). The molecule has 0 amide bonds. The van der Waals surface area contributed by atoms with Gasteiger partial charge in [-0.05, 0) is 80.8 Å². The Hall–Kier alpha value is -2.66. The highest BCUT2D eigenvalue weighted by atomic mass is 16.5. The zero-order chi connectivity index (χ0) is 20.2. The molecule has 3 aromatic rings. The van der Waals surface area contributed by atoms with Gasteiger partial charge in [-0.3, -0.25) is 14.3 Å². The molecular formula is C25H27N3O2. The maximum atomic E-state index is 13.0. The summed E-state index contributed by atoms with van der Waals surface area (Å²) in [5.41, 5.74) is 1.52. The summed E-state index contributed by atoms with van der Waals surface area (Å²) >= 11 is 0. The fourth-order valence-corrected chi connectivity index (χ4v) is 5.46. The van der Waals surface area contributed by atoms with Crippen LogP contribution in [0.15, 0.2) is 53.3 Å². The first-order valence-electron chi connectivity index (χ1n) is 11.2. The van der Waals surface area contributed by atoms with Crippen LogP contribution in [0, 0.1) is 18.8 Å². The van der Waals surface area contributed by atoms with Gasteiger partial charge in [0.15, 0.2) is 0 Å². The van der Waals surface area contributed by atoms with Gasteiger partial charge < -0.3 is 4.74 Å². The molecule has 2 saturated carbocycles. The standard InChI is InChI=1S/C25H27N3O2/c1-16-26-23-5-3-2-4-21(23)25(29)28(16)18-6-8-19(9-7-18)30-20-10-12-27(13-11-20)24-15-17-14-22(17)24/h2-9,17,20,22,24H,10-15H2,1H3. The normalized spacial score (nSPS) is 26.2. The van der Waals surface area contributed by atoms with E-state index in [0.717, 1.165) is 60.8 Å². The second-order valence-corrected chi connectivity index (χ2v) is 9.13. The van der Waals surface area contributed by atoms with Gasteiger partial charge in [0.2, 0.25) is 0 Å². The molecule has 3 atom stereocenters. The first-order valence-corrected chi connectivity index (χ1v) is 11.2. The molecule has 1 aliphatic heterocycles. The van der Waals surface area contributed by atoms with Gasteiger partial charge in [0.25, 0.3) is 5.56 Å². The van der Waals surface area contributed by atoms with E-state index < -0.39 is 0 Å². The van der Waals surface area contributed by atoms with Gasteiger partial charge in [0.1, 0.15) is 17.7 Å². The van der Waals surface area contributed by atoms with Crippen molar-refractivity contribution in [2.24, 2.45) is 11.8 Å². The Balaban J connectivity index is 1.16. The summed E-state index contributed by atoms with van der Waals surface area (Å²) in [5, 5.41) is 0.638. The van der Waals surface area contributed by atoms with Crippen LogP contribution < -0.4 is 10.3 Å². The summed E-state index contributed by atoms with van der Waals surface area (Å²) < 4.78 is 7.94. The first kappa shape index (κ1) is 18.1. The Kier molecular flexibility index (Phi) is 4.20. The van der Waals surface area contributed by atoms with E-state index in [2.05, 4.69) is 9.88 Å². The van der Waals surface area contributed by atoms with Crippen molar-refractivity contribution in [1.82, 2.24) is 14.5 Å². The van der Waals surface area contributed by atoms with Crippen LogP contribution in [0.5, 0.6) is 5.75 Å². The summed E-state index contributed by atoms with van der Waals surface area (Å²) in [6.45, 7) is 4.19. The van der Waals surface area contributed by atoms with Crippen molar-refractivity contribution in [3.63, 3.8) is 0 Å². The second-order valence-electron chi connectivity index (χ2n) is 9.13. The average Bonchev–Trinajstić information content (AvgIpc) is 3.40. The maximum absolute atomic E-state index is 13.0. The van der Waals surface area contributed by atoms with E-state index in [1.54, 1.807) is 4.57 Å². The Morgan fingerprint density at radius 2 is 1.77 bits per heavy atom. The number of hydrogen-bond donors (Lipinski definition) is 0. The molecule has 30 heavy (non-hydrogen) atoms. The van der Waals surface area contributed by atoms with E-state index in [0.29, 0.717) is 11.2 Å². The van der Waals surface area contributed by atoms with Crippen LogP contribution in [0.3, 0.4) is 0 Å². The van der Waals surface area contributed by atoms with Crippen molar-refractivity contribution in [3.8, 4) is 11.4 Å². The summed E-state index contributed by atoms with van der Waals surface area (Å²) in [4.78, 5) is 20.3. The topological polar surface area (TPSA) is 47.4 Å². The summed E-state index contributed by atoms with van der Waals surface area (Å²) in [7, 11) is 0. The maximum Gasteiger partial charge on any atom is 0.265 e. The Labute approximate surface area is 176 Å². The lowest BCUT2D eigenvalue weighted by atomic mass is 9.89. The molecule has 3 fully saturated rings. The van der Waals surface area contributed by atoms with Crippen LogP contribution in [-0.2, 0) is 0 Å². The molecule has 2 aliphatic carbocycles. The summed E-state index contributed by atoms with van der Waals surface area (Å²) in [5.74, 6) is 3.65. The number of aryl methyl sites for hydroxylation is 1. The number of fused-ring (bicyclic) bond motifs is 2. The molecule has 3 aliphatic rings. The molecular weight excluding hydrogens is 374 g/mol. The van der Waals surface area contributed by atoms with Crippen LogP contribution in [0.25, 0.3) is 16.6 Å². The zero-order valence-corrected chi connectivity index (χ0v) is 17.3. The minimum Gasteiger partial charge on any atom is -0.490 e. The SMILES string of the molecule is Cc1nc2ccccc2c(=O)n1-c1ccc(OC2CCN(C3CC4CC43)CC2)cc1. The lowest BCUT2D eigenvalue weighted by Gasteiger charge is -2.41. The molecule has 0 radical (unpaired) electrons. The molecule has 5 nitrogen and oxygen atoms in total. The molecule has 1 aromatic heterocycles. The van der Waals surface area contributed by atoms with Crippen molar-refractivity contribution in [1.29, 1.82) is 0 Å². The van der Waals surface area contributed by atoms with Gasteiger partial charge in [-0.25, -0.2) is 4.98 Å². The van der Waals surface area contributed by atoms with E-state index in [9.17, 15) is 4.79 Å². The monoisotopic (exact) mass is 401 g/mol. The molecule has 154 valence electrons. The van der Waals surface area contributed by atoms with Crippen LogP contribution in [0.2, 0.25) is 0 Å². The zero-order valence-electron chi connectivity index (χ0n) is 17.3. The van der Waals surface area contributed by atoms with Gasteiger partial charge in [0.05, 0.1) is 16.6 Å². The highest BCUT2D eigenvalue weighted by Gasteiger charge is 2.55. The van der Waals surface area contributed by atoms with Gasteiger partial charge in [-0.15, -0.1) is 0 Å². The average molecular weight is 402 g/mol. The number of piperidine rings is 1. The predicted molar refractivity (Wildman–Crippen MR) is 117 cm³/mol. The van der Waals surface area contributed by atoms with E-state index in [4.69, 9.17) is 4.74 Å². The summed E-state index contributed by atoms with van der Waals surface area (Å²) in [6, 6.07) is 16.2.